The average Bonchev–Trinajstić information content (AvgIpc) is 3.56. The van der Waals surface area contributed by atoms with Crippen LogP contribution >= 0.6 is 0 Å². The van der Waals surface area contributed by atoms with Crippen LogP contribution in [0.15, 0.2) is 200 Å². The van der Waals surface area contributed by atoms with Gasteiger partial charge in [0.15, 0.2) is 0 Å². The van der Waals surface area contributed by atoms with Gasteiger partial charge in [0.05, 0.1) is 5.69 Å². The fraction of sp³-hybridized carbons (Fsp3) is 0.227. The van der Waals surface area contributed by atoms with E-state index in [1.165, 1.54) is 134 Å². The molecule has 0 unspecified atom stereocenters. The van der Waals surface area contributed by atoms with E-state index in [9.17, 15) is 0 Å². The van der Waals surface area contributed by atoms with Gasteiger partial charge in [0.2, 0.25) is 0 Å². The number of anilines is 6. The zero-order valence-electron chi connectivity index (χ0n) is 47.4. The third-order valence-electron chi connectivity index (χ3n) is 18.6. The Hall–Kier alpha value is -7.88. The first-order chi connectivity index (χ1) is 37.4. The van der Waals surface area contributed by atoms with Gasteiger partial charge in [0.25, 0.3) is 6.71 Å². The second kappa shape index (κ2) is 17.1. The van der Waals surface area contributed by atoms with Crippen molar-refractivity contribution in [3.63, 3.8) is 0 Å². The first-order valence-electron chi connectivity index (χ1n) is 28.5. The summed E-state index contributed by atoms with van der Waals surface area (Å²) >= 11 is 0. The quantitative estimate of drug-likeness (QED) is 0.159. The molecule has 14 rings (SSSR count). The Morgan fingerprint density at radius 1 is 0.436 bits per heavy atom. The van der Waals surface area contributed by atoms with Gasteiger partial charge in [0, 0.05) is 44.8 Å². The molecule has 0 saturated carbocycles. The van der Waals surface area contributed by atoms with Crippen LogP contribution in [0.4, 0.5) is 34.1 Å². The minimum Gasteiger partial charge on any atom is -0.311 e. The van der Waals surface area contributed by atoms with Crippen molar-refractivity contribution in [2.75, 3.05) is 9.80 Å². The second-order valence-corrected chi connectivity index (χ2v) is 26.1. The number of nitrogens with zero attached hydrogens (tertiary/aromatic N) is 2. The largest absolute Gasteiger partial charge is 0.311 e. The molecule has 0 amide bonds. The Morgan fingerprint density at radius 2 is 1.03 bits per heavy atom. The molecule has 0 radical (unpaired) electrons. The Balaban J connectivity index is 0.989. The van der Waals surface area contributed by atoms with E-state index in [4.69, 9.17) is 0 Å². The van der Waals surface area contributed by atoms with Crippen LogP contribution in [0.25, 0.3) is 44.5 Å². The first kappa shape index (κ1) is 48.5. The van der Waals surface area contributed by atoms with Crippen LogP contribution in [0.3, 0.4) is 0 Å². The van der Waals surface area contributed by atoms with Gasteiger partial charge in [-0.2, -0.15) is 0 Å². The van der Waals surface area contributed by atoms with Crippen molar-refractivity contribution >= 4 is 68.4 Å². The van der Waals surface area contributed by atoms with Gasteiger partial charge in [-0.15, -0.1) is 0 Å². The first-order valence-corrected chi connectivity index (χ1v) is 28.5. The zero-order chi connectivity index (χ0) is 53.8. The molecule has 0 aromatic heterocycles. The number of aryl methyl sites for hydroxylation is 1. The van der Waals surface area contributed by atoms with Gasteiger partial charge in [-0.05, 0) is 179 Å². The highest BCUT2D eigenvalue weighted by atomic mass is 15.2. The molecule has 78 heavy (non-hydrogen) atoms. The monoisotopic (exact) mass is 1010 g/mol. The number of fused-ring (bicyclic) bond motifs is 9. The number of hydrogen-bond donors (Lipinski definition) is 0. The maximum atomic E-state index is 2.63. The highest BCUT2D eigenvalue weighted by Gasteiger charge is 2.46. The predicted octanol–water partition coefficient (Wildman–Crippen LogP) is 18.2. The van der Waals surface area contributed by atoms with E-state index in [0.717, 1.165) is 18.5 Å². The maximum absolute atomic E-state index is 2.63. The number of benzene rings is 9. The van der Waals surface area contributed by atoms with Crippen molar-refractivity contribution in [1.29, 1.82) is 0 Å². The molecule has 5 aliphatic rings. The molecule has 2 nitrogen and oxygen atoms in total. The Labute approximate surface area is 463 Å². The van der Waals surface area contributed by atoms with E-state index < -0.39 is 0 Å². The Morgan fingerprint density at radius 3 is 1.76 bits per heavy atom. The molecule has 9 aromatic rings. The number of rotatable bonds is 5. The molecule has 0 saturated heterocycles. The molecule has 9 aromatic carbocycles. The fourth-order valence-corrected chi connectivity index (χ4v) is 14.5. The van der Waals surface area contributed by atoms with Crippen LogP contribution < -0.4 is 26.2 Å². The number of hydrogen-bond acceptors (Lipinski definition) is 2. The molecule has 0 fully saturated rings. The van der Waals surface area contributed by atoms with Crippen LogP contribution in [0.5, 0.6) is 0 Å². The van der Waals surface area contributed by atoms with Crippen molar-refractivity contribution in [3.8, 4) is 33.4 Å². The van der Waals surface area contributed by atoms with Gasteiger partial charge in [-0.25, -0.2) is 0 Å². The lowest BCUT2D eigenvalue weighted by molar-refractivity contribution is 0.590. The molecule has 0 bridgehead atoms. The second-order valence-electron chi connectivity index (χ2n) is 26.1. The molecule has 3 heteroatoms. The van der Waals surface area contributed by atoms with Crippen LogP contribution in [0, 0.1) is 6.92 Å². The van der Waals surface area contributed by atoms with E-state index in [-0.39, 0.29) is 28.4 Å². The van der Waals surface area contributed by atoms with Crippen LogP contribution in [-0.4, -0.2) is 6.71 Å². The van der Waals surface area contributed by atoms with Crippen molar-refractivity contribution in [2.45, 2.75) is 111 Å². The van der Waals surface area contributed by atoms with E-state index >= 15 is 0 Å². The molecule has 0 spiro atoms. The minimum atomic E-state index is -0.0658. The zero-order valence-corrected chi connectivity index (χ0v) is 47.4. The smallest absolute Gasteiger partial charge is 0.252 e. The van der Waals surface area contributed by atoms with Gasteiger partial charge in [0.1, 0.15) is 0 Å². The van der Waals surface area contributed by atoms with E-state index in [2.05, 4.69) is 280 Å². The fourth-order valence-electron chi connectivity index (χ4n) is 14.5. The predicted molar refractivity (Wildman–Crippen MR) is 335 cm³/mol. The summed E-state index contributed by atoms with van der Waals surface area (Å²) in [5.41, 5.74) is 34.0. The Bertz CT molecular complexity index is 4060. The van der Waals surface area contributed by atoms with E-state index in [0.29, 0.717) is 0 Å². The van der Waals surface area contributed by atoms with Crippen LogP contribution in [0.1, 0.15) is 127 Å². The lowest BCUT2D eigenvalue weighted by atomic mass is 9.33. The van der Waals surface area contributed by atoms with Gasteiger partial charge >= 0.3 is 0 Å². The normalized spacial score (nSPS) is 16.2. The lowest BCUT2D eigenvalue weighted by Crippen LogP contribution is -2.61. The Kier molecular flexibility index (Phi) is 10.6. The summed E-state index contributed by atoms with van der Waals surface area (Å²) in [5, 5.41) is 0. The highest BCUT2D eigenvalue weighted by molar-refractivity contribution is 7.00. The van der Waals surface area contributed by atoms with E-state index in [1.54, 1.807) is 5.57 Å². The molecular weight excluding hydrogens is 940 g/mol. The van der Waals surface area contributed by atoms with Gasteiger partial charge in [-0.1, -0.05) is 220 Å². The average molecular weight is 1010 g/mol. The van der Waals surface area contributed by atoms with Gasteiger partial charge < -0.3 is 9.80 Å². The lowest BCUT2D eigenvalue weighted by Gasteiger charge is -2.45. The van der Waals surface area contributed by atoms with Crippen molar-refractivity contribution in [2.24, 2.45) is 0 Å². The summed E-state index contributed by atoms with van der Waals surface area (Å²) < 4.78 is 0. The molecule has 0 atom stereocenters. The van der Waals surface area contributed by atoms with Crippen molar-refractivity contribution < 1.29 is 0 Å². The highest BCUT2D eigenvalue weighted by Crippen LogP contribution is 2.56. The SMILES string of the molecule is Cc1cc2c3c(c1)N(c1ccc(C4=CCCC5=C4c4ccccc4C5(C)C)cc1-c1ccccc1)c1ccc(C(C)(C)C)cc1B3c1ccc(C(C)(C)C)cc1N2c1ccc(-c2cccc3c2-c2ccccc2C3(C)C)cc1. The maximum Gasteiger partial charge on any atom is 0.252 e. The molecule has 3 aliphatic carbocycles. The minimum absolute atomic E-state index is 0.00186. The standard InChI is InChI=1S/C75H69BN2/c1-46-41-67-71-68(42-46)78(64-39-33-49(43-57(64)47-21-13-12-14-22-47)54-26-20-30-61-70(54)56-24-16-18-28-59(56)75(61,10)11)65-40-35-50(72(2,3)4)44-63(65)76(71)62-38-34-51(73(5,6)7)45-66(62)77(67)52-36-31-48(32-37-52)53-25-19-29-60-69(53)55-23-15-17-27-58(55)74(60,8)9/h12-19,21-29,31-45H,20,30H2,1-11H3. The molecule has 2 aliphatic heterocycles. The third kappa shape index (κ3) is 7.15. The van der Waals surface area contributed by atoms with Crippen LogP contribution in [-0.2, 0) is 21.7 Å². The summed E-state index contributed by atoms with van der Waals surface area (Å²) in [5.74, 6) is 0. The molecular formula is C75H69BN2. The number of allylic oxidation sites excluding steroid dienone is 4. The molecule has 0 N–H and O–H groups in total. The van der Waals surface area contributed by atoms with Crippen LogP contribution in [0.2, 0.25) is 0 Å². The molecule has 2 heterocycles. The van der Waals surface area contributed by atoms with Crippen molar-refractivity contribution in [1.82, 2.24) is 0 Å². The van der Waals surface area contributed by atoms with Crippen molar-refractivity contribution in [3.05, 3.63) is 244 Å². The summed E-state index contributed by atoms with van der Waals surface area (Å²) in [6.45, 7) is 26.0. The molecule has 382 valence electrons. The van der Waals surface area contributed by atoms with Gasteiger partial charge in [-0.3, -0.25) is 0 Å². The summed E-state index contributed by atoms with van der Waals surface area (Å²) in [6, 6.07) is 72.8. The summed E-state index contributed by atoms with van der Waals surface area (Å²) in [7, 11) is 0. The van der Waals surface area contributed by atoms with E-state index in [1.807, 2.05) is 0 Å². The summed E-state index contributed by atoms with van der Waals surface area (Å²) in [4.78, 5) is 5.24. The third-order valence-corrected chi connectivity index (χ3v) is 18.6. The summed E-state index contributed by atoms with van der Waals surface area (Å²) in [6.07, 6.45) is 4.65. The topological polar surface area (TPSA) is 6.48 Å².